The Morgan fingerprint density at radius 1 is 1.33 bits per heavy atom. The van der Waals surface area contributed by atoms with Crippen LogP contribution in [0.4, 0.5) is 0 Å². The van der Waals surface area contributed by atoms with Gasteiger partial charge in [-0.2, -0.15) is 0 Å². The molecule has 0 spiro atoms. The highest BCUT2D eigenvalue weighted by atomic mass is 16.5. The molecule has 2 N–H and O–H groups in total. The van der Waals surface area contributed by atoms with Crippen molar-refractivity contribution in [2.24, 2.45) is 0 Å². The smallest absolute Gasteiger partial charge is 0.122 e. The topological polar surface area (TPSA) is 41.5 Å². The molecule has 0 aliphatic heterocycles. The van der Waals surface area contributed by atoms with E-state index < -0.39 is 0 Å². The van der Waals surface area contributed by atoms with Gasteiger partial charge in [-0.3, -0.25) is 0 Å². The summed E-state index contributed by atoms with van der Waals surface area (Å²) in [7, 11) is 1.94. The molecule has 84 valence electrons. The largest absolute Gasteiger partial charge is 0.493 e. The van der Waals surface area contributed by atoms with Crippen LogP contribution in [0.2, 0.25) is 0 Å². The van der Waals surface area contributed by atoms with Gasteiger partial charge in [0.1, 0.15) is 5.75 Å². The molecular weight excluding hydrogens is 190 g/mol. The van der Waals surface area contributed by atoms with Crippen LogP contribution in [0.1, 0.15) is 12.0 Å². The van der Waals surface area contributed by atoms with E-state index in [1.165, 1.54) is 5.56 Å². The normalized spacial score (nSPS) is 10.3. The van der Waals surface area contributed by atoms with Gasteiger partial charge in [-0.05, 0) is 31.6 Å². The third-order valence-corrected chi connectivity index (χ3v) is 2.18. The number of benzene rings is 1. The minimum atomic E-state index is 0.179. The highest BCUT2D eigenvalue weighted by Crippen LogP contribution is 2.18. The Hall–Kier alpha value is -1.06. The van der Waals surface area contributed by atoms with Crippen LogP contribution in [0.5, 0.6) is 5.75 Å². The van der Waals surface area contributed by atoms with Gasteiger partial charge in [-0.25, -0.2) is 0 Å². The molecule has 3 heteroatoms. The van der Waals surface area contributed by atoms with Crippen LogP contribution in [0.25, 0.3) is 0 Å². The van der Waals surface area contributed by atoms with E-state index in [0.717, 1.165) is 18.7 Å². The van der Waals surface area contributed by atoms with Crippen molar-refractivity contribution in [1.82, 2.24) is 5.32 Å². The van der Waals surface area contributed by atoms with Gasteiger partial charge < -0.3 is 15.2 Å². The number of aliphatic hydroxyl groups is 1. The highest BCUT2D eigenvalue weighted by molar-refractivity contribution is 5.33. The monoisotopic (exact) mass is 209 g/mol. The standard InChI is InChI=1S/C12H19NO2/c1-13-8-7-11-5-2-3-6-12(11)15-10-4-9-14/h2-3,5-6,13-14H,4,7-10H2,1H3. The lowest BCUT2D eigenvalue weighted by atomic mass is 10.1. The Kier molecular flexibility index (Phi) is 5.81. The van der Waals surface area contributed by atoms with Crippen LogP contribution in [-0.4, -0.2) is 31.9 Å². The fourth-order valence-electron chi connectivity index (χ4n) is 1.36. The molecule has 15 heavy (non-hydrogen) atoms. The van der Waals surface area contributed by atoms with Crippen LogP contribution in [-0.2, 0) is 6.42 Å². The van der Waals surface area contributed by atoms with E-state index in [9.17, 15) is 0 Å². The maximum absolute atomic E-state index is 8.66. The molecule has 0 saturated heterocycles. The maximum atomic E-state index is 8.66. The van der Waals surface area contributed by atoms with Crippen molar-refractivity contribution in [1.29, 1.82) is 0 Å². The van der Waals surface area contributed by atoms with Gasteiger partial charge >= 0.3 is 0 Å². The van der Waals surface area contributed by atoms with Crippen LogP contribution in [0.15, 0.2) is 24.3 Å². The SMILES string of the molecule is CNCCc1ccccc1OCCCO. The van der Waals surface area contributed by atoms with Crippen LogP contribution < -0.4 is 10.1 Å². The second-order valence-corrected chi connectivity index (χ2v) is 3.39. The molecule has 3 nitrogen and oxygen atoms in total. The van der Waals surface area contributed by atoms with Crippen molar-refractivity contribution in [3.8, 4) is 5.75 Å². The van der Waals surface area contributed by atoms with E-state index in [1.54, 1.807) is 0 Å². The minimum Gasteiger partial charge on any atom is -0.493 e. The predicted molar refractivity (Wildman–Crippen MR) is 61.3 cm³/mol. The lowest BCUT2D eigenvalue weighted by Crippen LogP contribution is -2.11. The summed E-state index contributed by atoms with van der Waals surface area (Å²) in [4.78, 5) is 0. The number of hydrogen-bond acceptors (Lipinski definition) is 3. The molecule has 0 atom stereocenters. The molecule has 0 saturated carbocycles. The van der Waals surface area contributed by atoms with Gasteiger partial charge in [-0.1, -0.05) is 18.2 Å². The minimum absolute atomic E-state index is 0.179. The first-order valence-electron chi connectivity index (χ1n) is 5.34. The van der Waals surface area contributed by atoms with Gasteiger partial charge in [0.25, 0.3) is 0 Å². The summed E-state index contributed by atoms with van der Waals surface area (Å²) < 4.78 is 5.59. The Balaban J connectivity index is 2.52. The van der Waals surface area contributed by atoms with Gasteiger partial charge in [-0.15, -0.1) is 0 Å². The van der Waals surface area contributed by atoms with Crippen molar-refractivity contribution in [3.63, 3.8) is 0 Å². The molecule has 1 rings (SSSR count). The van der Waals surface area contributed by atoms with Gasteiger partial charge in [0, 0.05) is 13.0 Å². The maximum Gasteiger partial charge on any atom is 0.122 e. The number of ether oxygens (including phenoxy) is 1. The number of para-hydroxylation sites is 1. The van der Waals surface area contributed by atoms with Crippen molar-refractivity contribution < 1.29 is 9.84 Å². The predicted octanol–water partition coefficient (Wildman–Crippen LogP) is 1.21. The number of aliphatic hydroxyl groups excluding tert-OH is 1. The molecule has 0 aromatic heterocycles. The zero-order chi connectivity index (χ0) is 10.9. The van der Waals surface area contributed by atoms with Crippen LogP contribution in [0.3, 0.4) is 0 Å². The Labute approximate surface area is 91.1 Å². The average Bonchev–Trinajstić information content (AvgIpc) is 2.28. The summed E-state index contributed by atoms with van der Waals surface area (Å²) in [5.74, 6) is 0.932. The van der Waals surface area contributed by atoms with E-state index >= 15 is 0 Å². The molecule has 0 bridgehead atoms. The fraction of sp³-hybridized carbons (Fsp3) is 0.500. The van der Waals surface area contributed by atoms with Gasteiger partial charge in [0.05, 0.1) is 6.61 Å². The van der Waals surface area contributed by atoms with Crippen LogP contribution in [0, 0.1) is 0 Å². The summed E-state index contributed by atoms with van der Waals surface area (Å²) in [5, 5.41) is 11.8. The molecule has 0 heterocycles. The van der Waals surface area contributed by atoms with Gasteiger partial charge in [0.15, 0.2) is 0 Å². The lowest BCUT2D eigenvalue weighted by Gasteiger charge is -2.10. The Morgan fingerprint density at radius 3 is 2.87 bits per heavy atom. The first-order valence-corrected chi connectivity index (χ1v) is 5.34. The van der Waals surface area contributed by atoms with E-state index in [1.807, 2.05) is 25.2 Å². The third kappa shape index (κ3) is 4.32. The first-order chi connectivity index (χ1) is 7.38. The fourth-order valence-corrected chi connectivity index (χ4v) is 1.36. The summed E-state index contributed by atoms with van der Waals surface area (Å²) in [6.45, 7) is 1.70. The summed E-state index contributed by atoms with van der Waals surface area (Å²) in [6, 6.07) is 8.04. The van der Waals surface area contributed by atoms with E-state index in [4.69, 9.17) is 9.84 Å². The summed E-state index contributed by atoms with van der Waals surface area (Å²) in [6.07, 6.45) is 1.65. The molecular formula is C12H19NO2. The Morgan fingerprint density at radius 2 is 2.13 bits per heavy atom. The van der Waals surface area contributed by atoms with E-state index in [-0.39, 0.29) is 6.61 Å². The van der Waals surface area contributed by atoms with Crippen molar-refractivity contribution >= 4 is 0 Å². The lowest BCUT2D eigenvalue weighted by molar-refractivity contribution is 0.232. The molecule has 1 aromatic carbocycles. The number of rotatable bonds is 7. The number of hydrogen-bond donors (Lipinski definition) is 2. The zero-order valence-corrected chi connectivity index (χ0v) is 9.20. The second kappa shape index (κ2) is 7.26. The molecule has 0 unspecified atom stereocenters. The highest BCUT2D eigenvalue weighted by Gasteiger charge is 2.01. The van der Waals surface area contributed by atoms with Gasteiger partial charge in [0.2, 0.25) is 0 Å². The molecule has 0 radical (unpaired) electrons. The van der Waals surface area contributed by atoms with E-state index in [0.29, 0.717) is 13.0 Å². The summed E-state index contributed by atoms with van der Waals surface area (Å²) in [5.41, 5.74) is 1.21. The Bertz CT molecular complexity index is 276. The third-order valence-electron chi connectivity index (χ3n) is 2.18. The molecule has 0 fully saturated rings. The second-order valence-electron chi connectivity index (χ2n) is 3.39. The molecule has 1 aromatic rings. The molecule has 0 amide bonds. The van der Waals surface area contributed by atoms with Crippen LogP contribution >= 0.6 is 0 Å². The zero-order valence-electron chi connectivity index (χ0n) is 9.20. The number of likely N-dealkylation sites (N-methyl/N-ethyl adjacent to an activating group) is 1. The van der Waals surface area contributed by atoms with E-state index in [2.05, 4.69) is 11.4 Å². The molecule has 0 aliphatic rings. The average molecular weight is 209 g/mol. The van der Waals surface area contributed by atoms with Crippen molar-refractivity contribution in [2.45, 2.75) is 12.8 Å². The summed E-state index contributed by atoms with van der Waals surface area (Å²) >= 11 is 0. The van der Waals surface area contributed by atoms with Crippen molar-refractivity contribution in [2.75, 3.05) is 26.8 Å². The van der Waals surface area contributed by atoms with Crippen molar-refractivity contribution in [3.05, 3.63) is 29.8 Å². The molecule has 0 aliphatic carbocycles. The first kappa shape index (κ1) is 12.0. The number of nitrogens with one attached hydrogen (secondary N) is 1. The quantitative estimate of drug-likeness (QED) is 0.663.